The van der Waals surface area contributed by atoms with Gasteiger partial charge in [-0.15, -0.1) is 0 Å². The molecule has 0 aromatic heterocycles. The summed E-state index contributed by atoms with van der Waals surface area (Å²) in [6, 6.07) is 23.0. The molecule has 3 aromatic carbocycles. The van der Waals surface area contributed by atoms with Crippen LogP contribution in [0, 0.1) is 0 Å². The number of fused-ring (bicyclic) bond motifs is 1. The second-order valence-electron chi connectivity index (χ2n) is 5.59. The van der Waals surface area contributed by atoms with Gasteiger partial charge in [0, 0.05) is 5.02 Å². The van der Waals surface area contributed by atoms with E-state index in [1.165, 1.54) is 27.5 Å². The van der Waals surface area contributed by atoms with E-state index >= 15 is 0 Å². The first-order valence-electron chi connectivity index (χ1n) is 7.66. The van der Waals surface area contributed by atoms with Gasteiger partial charge in [0.05, 0.1) is 0 Å². The lowest BCUT2D eigenvalue weighted by atomic mass is 9.90. The Bertz CT molecular complexity index is 955. The Hall–Kier alpha value is -2.57. The third-order valence-corrected chi connectivity index (χ3v) is 4.36. The number of rotatable bonds is 2. The average molecular weight is 315 g/mol. The molecule has 0 fully saturated rings. The van der Waals surface area contributed by atoms with E-state index in [4.69, 9.17) is 11.6 Å². The highest BCUT2D eigenvalue weighted by atomic mass is 35.5. The molecule has 0 atom stereocenters. The van der Waals surface area contributed by atoms with E-state index < -0.39 is 0 Å². The van der Waals surface area contributed by atoms with Crippen molar-refractivity contribution in [1.29, 1.82) is 0 Å². The smallest absolute Gasteiger partial charge is 0.0412 e. The average Bonchev–Trinajstić information content (AvgIpc) is 3.10. The van der Waals surface area contributed by atoms with Crippen molar-refractivity contribution >= 4 is 27.9 Å². The molecule has 1 heteroatoms. The predicted molar refractivity (Wildman–Crippen MR) is 99.7 cm³/mol. The third-order valence-electron chi connectivity index (χ3n) is 4.12. The fourth-order valence-electron chi connectivity index (χ4n) is 3.11. The minimum atomic E-state index is 0.756. The van der Waals surface area contributed by atoms with Crippen LogP contribution in [-0.4, -0.2) is 0 Å². The van der Waals surface area contributed by atoms with Gasteiger partial charge in [-0.25, -0.2) is 0 Å². The van der Waals surface area contributed by atoms with Crippen molar-refractivity contribution in [3.05, 3.63) is 113 Å². The molecule has 110 valence electrons. The van der Waals surface area contributed by atoms with Crippen molar-refractivity contribution in [2.75, 3.05) is 0 Å². The molecule has 0 unspecified atom stereocenters. The van der Waals surface area contributed by atoms with Crippen molar-refractivity contribution in [3.8, 4) is 0 Å². The number of halogens is 1. The van der Waals surface area contributed by atoms with Crippen LogP contribution in [0.2, 0.25) is 5.02 Å². The Kier molecular flexibility index (Phi) is 3.61. The van der Waals surface area contributed by atoms with E-state index in [-0.39, 0.29) is 0 Å². The summed E-state index contributed by atoms with van der Waals surface area (Å²) >= 11 is 6.24. The number of benzene rings is 3. The Balaban J connectivity index is 2.05. The molecule has 23 heavy (non-hydrogen) atoms. The largest absolute Gasteiger partial charge is 0.0843 e. The molecule has 0 N–H and O–H groups in total. The molecular formula is C22H15Cl. The maximum absolute atomic E-state index is 6.24. The topological polar surface area (TPSA) is 0 Å². The molecule has 0 amide bonds. The summed E-state index contributed by atoms with van der Waals surface area (Å²) < 4.78 is 0. The summed E-state index contributed by atoms with van der Waals surface area (Å²) in [6.45, 7) is 0. The molecule has 0 radical (unpaired) electrons. The van der Waals surface area contributed by atoms with Gasteiger partial charge in [0.2, 0.25) is 0 Å². The lowest BCUT2D eigenvalue weighted by Gasteiger charge is -2.14. The van der Waals surface area contributed by atoms with Gasteiger partial charge in [0.25, 0.3) is 0 Å². The SMILES string of the molecule is Clc1cccc(C(=C2C=CC=C2)c2cccc3ccccc23)c1. The van der Waals surface area contributed by atoms with Gasteiger partial charge in [-0.1, -0.05) is 90.5 Å². The summed E-state index contributed by atoms with van der Waals surface area (Å²) in [5.41, 5.74) is 4.80. The van der Waals surface area contributed by atoms with Gasteiger partial charge in [-0.05, 0) is 45.2 Å². The van der Waals surface area contributed by atoms with Crippen LogP contribution in [0.5, 0.6) is 0 Å². The fourth-order valence-corrected chi connectivity index (χ4v) is 3.30. The first-order valence-corrected chi connectivity index (χ1v) is 8.04. The maximum Gasteiger partial charge on any atom is 0.0412 e. The van der Waals surface area contributed by atoms with E-state index in [1.54, 1.807) is 0 Å². The highest BCUT2D eigenvalue weighted by Gasteiger charge is 2.13. The van der Waals surface area contributed by atoms with Gasteiger partial charge in [0.1, 0.15) is 0 Å². The zero-order chi connectivity index (χ0) is 15.6. The highest BCUT2D eigenvalue weighted by Crippen LogP contribution is 2.35. The molecule has 4 rings (SSSR count). The van der Waals surface area contributed by atoms with Gasteiger partial charge in [-0.2, -0.15) is 0 Å². The highest BCUT2D eigenvalue weighted by molar-refractivity contribution is 6.30. The second-order valence-corrected chi connectivity index (χ2v) is 6.02. The molecule has 0 nitrogen and oxygen atoms in total. The molecule has 0 spiro atoms. The monoisotopic (exact) mass is 314 g/mol. The third kappa shape index (κ3) is 2.62. The zero-order valence-electron chi connectivity index (χ0n) is 12.5. The minimum Gasteiger partial charge on any atom is -0.0843 e. The molecule has 0 bridgehead atoms. The lowest BCUT2D eigenvalue weighted by Crippen LogP contribution is -1.93. The summed E-state index contributed by atoms with van der Waals surface area (Å²) in [5.74, 6) is 0. The van der Waals surface area contributed by atoms with Gasteiger partial charge in [0.15, 0.2) is 0 Å². The van der Waals surface area contributed by atoms with E-state index in [0.29, 0.717) is 0 Å². The minimum absolute atomic E-state index is 0.756. The van der Waals surface area contributed by atoms with E-state index in [2.05, 4.69) is 72.8 Å². The normalized spacial score (nSPS) is 13.0. The van der Waals surface area contributed by atoms with E-state index in [9.17, 15) is 0 Å². The van der Waals surface area contributed by atoms with Crippen LogP contribution in [0.1, 0.15) is 11.1 Å². The summed E-state index contributed by atoms with van der Waals surface area (Å²) in [5, 5.41) is 3.26. The van der Waals surface area contributed by atoms with Crippen molar-refractivity contribution in [3.63, 3.8) is 0 Å². The van der Waals surface area contributed by atoms with Crippen LogP contribution < -0.4 is 0 Å². The first-order chi connectivity index (χ1) is 11.3. The molecule has 3 aromatic rings. The molecule has 0 saturated carbocycles. The standard InChI is InChI=1S/C22H15Cl/c23-19-12-5-11-18(15-19)22(17-8-1-2-9-17)21-14-6-10-16-7-3-4-13-20(16)21/h1-15H. The Labute approximate surface area is 141 Å². The van der Waals surface area contributed by atoms with Crippen molar-refractivity contribution in [2.45, 2.75) is 0 Å². The zero-order valence-corrected chi connectivity index (χ0v) is 13.3. The van der Waals surface area contributed by atoms with E-state index in [1.807, 2.05) is 18.2 Å². The molecule has 0 heterocycles. The fraction of sp³-hybridized carbons (Fsp3) is 0. The van der Waals surface area contributed by atoms with Crippen LogP contribution in [0.3, 0.4) is 0 Å². The van der Waals surface area contributed by atoms with Gasteiger partial charge in [-0.3, -0.25) is 0 Å². The first kappa shape index (κ1) is 14.0. The summed E-state index contributed by atoms with van der Waals surface area (Å²) in [6.07, 6.45) is 8.45. The van der Waals surface area contributed by atoms with Gasteiger partial charge >= 0.3 is 0 Å². The predicted octanol–water partition coefficient (Wildman–Crippen LogP) is 6.42. The van der Waals surface area contributed by atoms with Crippen LogP contribution in [0.25, 0.3) is 16.3 Å². The van der Waals surface area contributed by atoms with Crippen molar-refractivity contribution < 1.29 is 0 Å². The Morgan fingerprint density at radius 3 is 2.30 bits per heavy atom. The van der Waals surface area contributed by atoms with Crippen molar-refractivity contribution in [1.82, 2.24) is 0 Å². The molecule has 0 aliphatic heterocycles. The van der Waals surface area contributed by atoms with E-state index in [0.717, 1.165) is 10.6 Å². The summed E-state index contributed by atoms with van der Waals surface area (Å²) in [7, 11) is 0. The second kappa shape index (κ2) is 5.91. The maximum atomic E-state index is 6.24. The lowest BCUT2D eigenvalue weighted by molar-refractivity contribution is 1.55. The number of hydrogen-bond acceptors (Lipinski definition) is 0. The van der Waals surface area contributed by atoms with Crippen LogP contribution in [-0.2, 0) is 0 Å². The van der Waals surface area contributed by atoms with Crippen LogP contribution >= 0.6 is 11.6 Å². The molecule has 0 saturated heterocycles. The Morgan fingerprint density at radius 1 is 0.739 bits per heavy atom. The van der Waals surface area contributed by atoms with Gasteiger partial charge < -0.3 is 0 Å². The molecular weight excluding hydrogens is 300 g/mol. The van der Waals surface area contributed by atoms with Crippen molar-refractivity contribution in [2.24, 2.45) is 0 Å². The Morgan fingerprint density at radius 2 is 1.48 bits per heavy atom. The van der Waals surface area contributed by atoms with Crippen LogP contribution in [0.4, 0.5) is 0 Å². The number of hydrogen-bond donors (Lipinski definition) is 0. The quantitative estimate of drug-likeness (QED) is 0.512. The van der Waals surface area contributed by atoms with Crippen LogP contribution in [0.15, 0.2) is 96.6 Å². The summed E-state index contributed by atoms with van der Waals surface area (Å²) in [4.78, 5) is 0. The molecule has 1 aliphatic carbocycles. The molecule has 1 aliphatic rings. The number of allylic oxidation sites excluding steroid dienone is 5.